The summed E-state index contributed by atoms with van der Waals surface area (Å²) in [4.78, 5) is 27.9. The van der Waals surface area contributed by atoms with Crippen molar-refractivity contribution in [3.63, 3.8) is 0 Å². The largest absolute Gasteiger partial charge is 0.506 e. The normalized spacial score (nSPS) is 15.5. The number of nitrogens with two attached hydrogens (primary N) is 1. The summed E-state index contributed by atoms with van der Waals surface area (Å²) in [6.07, 6.45) is 3.59. The fraction of sp³-hybridized carbons (Fsp3) is 0.462. The second kappa shape index (κ2) is 13.1. The summed E-state index contributed by atoms with van der Waals surface area (Å²) in [6.45, 7) is 4.70. The van der Waals surface area contributed by atoms with Crippen LogP contribution >= 0.6 is 23.2 Å². The molecule has 1 fully saturated rings. The molecule has 1 heterocycles. The van der Waals surface area contributed by atoms with Crippen molar-refractivity contribution < 1.29 is 19.4 Å². The molecule has 0 unspecified atom stereocenters. The molecule has 0 spiro atoms. The van der Waals surface area contributed by atoms with Crippen molar-refractivity contribution in [3.8, 4) is 5.75 Å². The zero-order valence-corrected chi connectivity index (χ0v) is 21.4. The molecule has 0 saturated carbocycles. The number of amides is 1. The van der Waals surface area contributed by atoms with Gasteiger partial charge in [0, 0.05) is 17.5 Å². The van der Waals surface area contributed by atoms with Gasteiger partial charge in [0.1, 0.15) is 11.8 Å². The Kier molecular flexibility index (Phi) is 10.2. The van der Waals surface area contributed by atoms with Crippen molar-refractivity contribution in [3.05, 3.63) is 63.1 Å². The Bertz CT molecular complexity index is 1010. The van der Waals surface area contributed by atoms with E-state index in [1.54, 1.807) is 6.92 Å². The highest BCUT2D eigenvalue weighted by molar-refractivity contribution is 6.37. The SMILES string of the molecule is CCOC(=O)[C@@H](Cc1ccccc1)NC(=O)c1cc(Cl)c(CCCN2CCC(N)CC2)c(Cl)c1O. The van der Waals surface area contributed by atoms with Gasteiger partial charge in [0.15, 0.2) is 0 Å². The van der Waals surface area contributed by atoms with Crippen LogP contribution in [0.25, 0.3) is 0 Å². The van der Waals surface area contributed by atoms with E-state index in [0.717, 1.165) is 44.5 Å². The molecule has 7 nitrogen and oxygen atoms in total. The molecule has 0 aliphatic carbocycles. The summed E-state index contributed by atoms with van der Waals surface area (Å²) in [6, 6.07) is 10.0. The van der Waals surface area contributed by atoms with E-state index in [-0.39, 0.29) is 35.4 Å². The van der Waals surface area contributed by atoms with Gasteiger partial charge in [0.2, 0.25) is 0 Å². The molecule has 190 valence electrons. The number of carbonyl (C=O) groups is 2. The quantitative estimate of drug-likeness (QED) is 0.408. The third kappa shape index (κ3) is 7.58. The molecule has 1 aliphatic heterocycles. The number of benzene rings is 2. The molecule has 2 aromatic carbocycles. The van der Waals surface area contributed by atoms with E-state index in [4.69, 9.17) is 33.7 Å². The highest BCUT2D eigenvalue weighted by atomic mass is 35.5. The van der Waals surface area contributed by atoms with Gasteiger partial charge in [-0.25, -0.2) is 4.79 Å². The van der Waals surface area contributed by atoms with Gasteiger partial charge in [0.25, 0.3) is 5.91 Å². The van der Waals surface area contributed by atoms with Crippen LogP contribution in [0.3, 0.4) is 0 Å². The van der Waals surface area contributed by atoms with Crippen LogP contribution in [0.1, 0.15) is 47.7 Å². The lowest BCUT2D eigenvalue weighted by molar-refractivity contribution is -0.145. The van der Waals surface area contributed by atoms with Crippen LogP contribution in [0.5, 0.6) is 5.75 Å². The summed E-state index contributed by atoms with van der Waals surface area (Å²) in [5.74, 6) is -1.57. The number of likely N-dealkylation sites (tertiary alicyclic amines) is 1. The minimum absolute atomic E-state index is 0.0547. The van der Waals surface area contributed by atoms with Crippen molar-refractivity contribution in [2.45, 2.75) is 51.1 Å². The Morgan fingerprint density at radius 3 is 2.57 bits per heavy atom. The van der Waals surface area contributed by atoms with Crippen molar-refractivity contribution in [2.24, 2.45) is 5.73 Å². The van der Waals surface area contributed by atoms with Crippen molar-refractivity contribution in [1.82, 2.24) is 10.2 Å². The third-order valence-electron chi connectivity index (χ3n) is 6.22. The van der Waals surface area contributed by atoms with Gasteiger partial charge >= 0.3 is 5.97 Å². The minimum Gasteiger partial charge on any atom is -0.506 e. The zero-order valence-electron chi connectivity index (χ0n) is 19.9. The number of nitrogens with one attached hydrogen (secondary N) is 1. The van der Waals surface area contributed by atoms with E-state index in [9.17, 15) is 14.7 Å². The van der Waals surface area contributed by atoms with Crippen molar-refractivity contribution in [1.29, 1.82) is 0 Å². The Balaban J connectivity index is 1.69. The van der Waals surface area contributed by atoms with Crippen molar-refractivity contribution >= 4 is 35.1 Å². The molecule has 2 aromatic rings. The summed E-state index contributed by atoms with van der Waals surface area (Å²) < 4.78 is 5.13. The van der Waals surface area contributed by atoms with Crippen LogP contribution in [0.2, 0.25) is 10.0 Å². The monoisotopic (exact) mass is 521 g/mol. The molecule has 1 atom stereocenters. The van der Waals surface area contributed by atoms with Crippen LogP contribution in [0, 0.1) is 0 Å². The standard InChI is InChI=1S/C26H33Cl2N3O4/c1-2-35-26(34)22(15-17-7-4-3-5-8-17)30-25(33)20-16-21(27)19(23(28)24(20)32)9-6-12-31-13-10-18(29)11-14-31/h3-5,7-8,16,18,22,32H,2,6,9-15,29H2,1H3,(H,30,33)/t22-/m1/s1. The second-order valence-corrected chi connectivity index (χ2v) is 9.58. The Morgan fingerprint density at radius 2 is 1.91 bits per heavy atom. The molecule has 1 saturated heterocycles. The zero-order chi connectivity index (χ0) is 25.4. The van der Waals surface area contributed by atoms with Crippen molar-refractivity contribution in [2.75, 3.05) is 26.2 Å². The van der Waals surface area contributed by atoms with E-state index in [1.165, 1.54) is 6.07 Å². The van der Waals surface area contributed by atoms with E-state index < -0.39 is 17.9 Å². The molecule has 0 radical (unpaired) electrons. The predicted octanol–water partition coefficient (Wildman–Crippen LogP) is 3.96. The fourth-order valence-corrected chi connectivity index (χ4v) is 4.87. The molecule has 1 amide bonds. The van der Waals surface area contributed by atoms with E-state index >= 15 is 0 Å². The molecule has 4 N–H and O–H groups in total. The van der Waals surface area contributed by atoms with Crippen LogP contribution < -0.4 is 11.1 Å². The van der Waals surface area contributed by atoms with Gasteiger partial charge in [-0.05, 0) is 69.4 Å². The first kappa shape index (κ1) is 27.3. The van der Waals surface area contributed by atoms with Gasteiger partial charge in [-0.15, -0.1) is 0 Å². The lowest BCUT2D eigenvalue weighted by Crippen LogP contribution is -2.43. The molecular weight excluding hydrogens is 489 g/mol. The fourth-order valence-electron chi connectivity index (χ4n) is 4.23. The number of hydrogen-bond donors (Lipinski definition) is 3. The molecule has 0 aromatic heterocycles. The lowest BCUT2D eigenvalue weighted by Gasteiger charge is -2.30. The number of nitrogens with zero attached hydrogens (tertiary/aromatic N) is 1. The van der Waals surface area contributed by atoms with Gasteiger partial charge in [-0.3, -0.25) is 4.79 Å². The number of aromatic hydroxyl groups is 1. The Labute approximate surface area is 216 Å². The highest BCUT2D eigenvalue weighted by Gasteiger charge is 2.26. The Hall–Kier alpha value is -2.32. The van der Waals surface area contributed by atoms with Gasteiger partial charge in [-0.2, -0.15) is 0 Å². The van der Waals surface area contributed by atoms with Gasteiger partial charge in [-0.1, -0.05) is 53.5 Å². The van der Waals surface area contributed by atoms with Crippen LogP contribution in [-0.2, 0) is 22.4 Å². The smallest absolute Gasteiger partial charge is 0.328 e. The minimum atomic E-state index is -0.931. The van der Waals surface area contributed by atoms with Gasteiger partial charge < -0.3 is 25.8 Å². The average molecular weight is 522 g/mol. The number of ether oxygens (including phenoxy) is 1. The molecular formula is C26H33Cl2N3O4. The van der Waals surface area contributed by atoms with E-state index in [1.807, 2.05) is 30.3 Å². The number of phenols is 1. The number of piperidine rings is 1. The van der Waals surface area contributed by atoms with E-state index in [2.05, 4.69) is 10.2 Å². The third-order valence-corrected chi connectivity index (χ3v) is 6.97. The number of rotatable bonds is 10. The maximum absolute atomic E-state index is 13.0. The Morgan fingerprint density at radius 1 is 1.23 bits per heavy atom. The maximum Gasteiger partial charge on any atom is 0.328 e. The van der Waals surface area contributed by atoms with Crippen LogP contribution in [0.4, 0.5) is 0 Å². The predicted molar refractivity (Wildman–Crippen MR) is 138 cm³/mol. The summed E-state index contributed by atoms with van der Waals surface area (Å²) in [5.41, 5.74) is 7.33. The number of halogens is 2. The number of phenolic OH excluding ortho intramolecular Hbond substituents is 1. The first-order valence-electron chi connectivity index (χ1n) is 12.0. The molecule has 0 bridgehead atoms. The molecule has 3 rings (SSSR count). The number of esters is 1. The second-order valence-electron chi connectivity index (χ2n) is 8.80. The molecule has 1 aliphatic rings. The summed E-state index contributed by atoms with van der Waals surface area (Å²) >= 11 is 12.9. The molecule has 9 heteroatoms. The lowest BCUT2D eigenvalue weighted by atomic mass is 10.0. The van der Waals surface area contributed by atoms with Crippen LogP contribution in [0.15, 0.2) is 36.4 Å². The summed E-state index contributed by atoms with van der Waals surface area (Å²) in [5, 5.41) is 13.7. The van der Waals surface area contributed by atoms with Crippen LogP contribution in [-0.4, -0.2) is 60.2 Å². The highest BCUT2D eigenvalue weighted by Crippen LogP contribution is 2.37. The topological polar surface area (TPSA) is 105 Å². The maximum atomic E-state index is 13.0. The van der Waals surface area contributed by atoms with Gasteiger partial charge in [0.05, 0.1) is 17.2 Å². The number of carbonyl (C=O) groups excluding carboxylic acids is 2. The first-order valence-corrected chi connectivity index (χ1v) is 12.7. The molecule has 35 heavy (non-hydrogen) atoms. The number of hydrogen-bond acceptors (Lipinski definition) is 6. The summed E-state index contributed by atoms with van der Waals surface area (Å²) in [7, 11) is 0. The first-order chi connectivity index (χ1) is 16.8. The average Bonchev–Trinajstić information content (AvgIpc) is 2.85. The van der Waals surface area contributed by atoms with E-state index in [0.29, 0.717) is 17.0 Å².